The van der Waals surface area contributed by atoms with Gasteiger partial charge in [-0.15, -0.1) is 0 Å². The minimum atomic E-state index is 0.917. The molecule has 0 saturated carbocycles. The molecule has 1 saturated heterocycles. The van der Waals surface area contributed by atoms with Gasteiger partial charge in [0, 0.05) is 50.0 Å². The molecule has 0 aromatic heterocycles. The average molecular weight is 267 g/mol. The van der Waals surface area contributed by atoms with Gasteiger partial charge < -0.3 is 9.64 Å². The maximum Gasteiger partial charge on any atom is 0.120 e. The van der Waals surface area contributed by atoms with Crippen molar-refractivity contribution >= 4 is 17.3 Å². The SMILES string of the molecule is COc1cccc(N2CCN(C/C=C/Cl)CC2)c1. The van der Waals surface area contributed by atoms with Crippen LogP contribution in [-0.4, -0.2) is 44.7 Å². The second-order valence-corrected chi connectivity index (χ2v) is 4.60. The molecular weight excluding hydrogens is 248 g/mol. The minimum Gasteiger partial charge on any atom is -0.497 e. The van der Waals surface area contributed by atoms with Gasteiger partial charge in [-0.05, 0) is 12.1 Å². The summed E-state index contributed by atoms with van der Waals surface area (Å²) in [4.78, 5) is 4.79. The van der Waals surface area contributed by atoms with Crippen LogP contribution in [0.3, 0.4) is 0 Å². The van der Waals surface area contributed by atoms with Crippen LogP contribution >= 0.6 is 11.6 Å². The Labute approximate surface area is 114 Å². The Morgan fingerprint density at radius 1 is 1.28 bits per heavy atom. The molecule has 0 atom stereocenters. The maximum atomic E-state index is 5.55. The van der Waals surface area contributed by atoms with Gasteiger partial charge >= 0.3 is 0 Å². The van der Waals surface area contributed by atoms with Crippen LogP contribution in [0.4, 0.5) is 5.69 Å². The molecule has 0 bridgehead atoms. The van der Waals surface area contributed by atoms with Crippen molar-refractivity contribution in [2.45, 2.75) is 0 Å². The lowest BCUT2D eigenvalue weighted by Gasteiger charge is -2.35. The standard InChI is InChI=1S/C14H19ClN2O/c1-18-14-5-2-4-13(12-14)17-10-8-16(9-11-17)7-3-6-15/h2-6,12H,7-11H2,1H3/b6-3+. The Hall–Kier alpha value is -1.19. The predicted octanol–water partition coefficient (Wildman–Crippen LogP) is 2.57. The van der Waals surface area contributed by atoms with Crippen LogP contribution in [0.25, 0.3) is 0 Å². The molecule has 2 rings (SSSR count). The summed E-state index contributed by atoms with van der Waals surface area (Å²) in [5.74, 6) is 0.917. The topological polar surface area (TPSA) is 15.7 Å². The fourth-order valence-electron chi connectivity index (χ4n) is 2.18. The van der Waals surface area contributed by atoms with Gasteiger partial charge in [0.25, 0.3) is 0 Å². The lowest BCUT2D eigenvalue weighted by molar-refractivity contribution is 0.284. The van der Waals surface area contributed by atoms with Gasteiger partial charge in [0.15, 0.2) is 0 Å². The highest BCUT2D eigenvalue weighted by molar-refractivity contribution is 6.25. The quantitative estimate of drug-likeness (QED) is 0.833. The third-order valence-electron chi connectivity index (χ3n) is 3.24. The number of ether oxygens (including phenoxy) is 1. The summed E-state index contributed by atoms with van der Waals surface area (Å²) >= 11 is 5.55. The molecule has 1 aromatic rings. The highest BCUT2D eigenvalue weighted by atomic mass is 35.5. The zero-order valence-corrected chi connectivity index (χ0v) is 11.4. The summed E-state index contributed by atoms with van der Waals surface area (Å²) in [5.41, 5.74) is 2.83. The van der Waals surface area contributed by atoms with Gasteiger partial charge in [0.2, 0.25) is 0 Å². The Bertz CT molecular complexity index is 401. The number of hydrogen-bond donors (Lipinski definition) is 0. The van der Waals surface area contributed by atoms with Crippen molar-refractivity contribution in [2.75, 3.05) is 44.7 Å². The second kappa shape index (κ2) is 6.66. The van der Waals surface area contributed by atoms with Crippen LogP contribution in [0.5, 0.6) is 5.75 Å². The van der Waals surface area contributed by atoms with Crippen molar-refractivity contribution in [3.05, 3.63) is 35.9 Å². The fraction of sp³-hybridized carbons (Fsp3) is 0.429. The monoisotopic (exact) mass is 266 g/mol. The minimum absolute atomic E-state index is 0.917. The van der Waals surface area contributed by atoms with E-state index in [1.807, 2.05) is 18.2 Å². The van der Waals surface area contributed by atoms with Gasteiger partial charge in [-0.25, -0.2) is 0 Å². The lowest BCUT2D eigenvalue weighted by Crippen LogP contribution is -2.46. The van der Waals surface area contributed by atoms with Gasteiger partial charge in [0.05, 0.1) is 7.11 Å². The van der Waals surface area contributed by atoms with Crippen molar-refractivity contribution in [2.24, 2.45) is 0 Å². The number of halogens is 1. The normalized spacial score (nSPS) is 17.3. The maximum absolute atomic E-state index is 5.55. The number of nitrogens with zero attached hydrogens (tertiary/aromatic N) is 2. The molecule has 1 aromatic carbocycles. The molecule has 1 heterocycles. The number of hydrogen-bond acceptors (Lipinski definition) is 3. The Balaban J connectivity index is 1.92. The van der Waals surface area contributed by atoms with Crippen molar-refractivity contribution in [3.63, 3.8) is 0 Å². The molecular formula is C14H19ClN2O. The molecule has 1 aliphatic rings. The van der Waals surface area contributed by atoms with E-state index in [9.17, 15) is 0 Å². The van der Waals surface area contributed by atoms with Crippen LogP contribution in [0.2, 0.25) is 0 Å². The van der Waals surface area contributed by atoms with E-state index in [4.69, 9.17) is 16.3 Å². The third kappa shape index (κ3) is 3.40. The molecule has 0 N–H and O–H groups in total. The van der Waals surface area contributed by atoms with E-state index in [0.717, 1.165) is 38.5 Å². The van der Waals surface area contributed by atoms with Crippen LogP contribution in [0, 0.1) is 0 Å². The number of benzene rings is 1. The highest BCUT2D eigenvalue weighted by Crippen LogP contribution is 2.21. The lowest BCUT2D eigenvalue weighted by atomic mass is 10.2. The summed E-state index contributed by atoms with van der Waals surface area (Å²) in [6.07, 6.45) is 1.99. The van der Waals surface area contributed by atoms with Crippen LogP contribution < -0.4 is 9.64 Å². The summed E-state index contributed by atoms with van der Waals surface area (Å²) in [6.45, 7) is 5.17. The van der Waals surface area contributed by atoms with E-state index in [1.54, 1.807) is 12.6 Å². The van der Waals surface area contributed by atoms with Gasteiger partial charge in [-0.3, -0.25) is 4.90 Å². The number of methoxy groups -OCH3 is 1. The van der Waals surface area contributed by atoms with E-state index in [-0.39, 0.29) is 0 Å². The van der Waals surface area contributed by atoms with E-state index < -0.39 is 0 Å². The molecule has 98 valence electrons. The summed E-state index contributed by atoms with van der Waals surface area (Å²) < 4.78 is 5.26. The van der Waals surface area contributed by atoms with E-state index >= 15 is 0 Å². The molecule has 0 spiro atoms. The molecule has 0 unspecified atom stereocenters. The van der Waals surface area contributed by atoms with Crippen LogP contribution in [0.15, 0.2) is 35.9 Å². The predicted molar refractivity (Wildman–Crippen MR) is 76.6 cm³/mol. The van der Waals surface area contributed by atoms with Crippen LogP contribution in [-0.2, 0) is 0 Å². The Morgan fingerprint density at radius 3 is 2.72 bits per heavy atom. The van der Waals surface area contributed by atoms with E-state index in [2.05, 4.69) is 21.9 Å². The Kier molecular flexibility index (Phi) is 4.90. The molecule has 3 nitrogen and oxygen atoms in total. The smallest absolute Gasteiger partial charge is 0.120 e. The molecule has 0 radical (unpaired) electrons. The first-order valence-corrected chi connectivity index (χ1v) is 6.63. The highest BCUT2D eigenvalue weighted by Gasteiger charge is 2.16. The number of rotatable bonds is 4. The van der Waals surface area contributed by atoms with Crippen molar-refractivity contribution in [1.82, 2.24) is 4.90 Å². The summed E-state index contributed by atoms with van der Waals surface area (Å²) in [5, 5.41) is 0. The zero-order valence-electron chi connectivity index (χ0n) is 10.7. The van der Waals surface area contributed by atoms with E-state index in [0.29, 0.717) is 0 Å². The molecule has 0 aliphatic carbocycles. The average Bonchev–Trinajstić information content (AvgIpc) is 2.46. The first-order chi connectivity index (χ1) is 8.83. The van der Waals surface area contributed by atoms with Crippen molar-refractivity contribution in [3.8, 4) is 5.75 Å². The summed E-state index contributed by atoms with van der Waals surface area (Å²) in [7, 11) is 1.70. The van der Waals surface area contributed by atoms with Crippen molar-refractivity contribution in [1.29, 1.82) is 0 Å². The third-order valence-corrected chi connectivity index (χ3v) is 3.42. The molecule has 18 heavy (non-hydrogen) atoms. The van der Waals surface area contributed by atoms with Gasteiger partial charge in [-0.1, -0.05) is 23.7 Å². The number of anilines is 1. The zero-order chi connectivity index (χ0) is 12.8. The first kappa shape index (κ1) is 13.2. The second-order valence-electron chi connectivity index (χ2n) is 4.35. The largest absolute Gasteiger partial charge is 0.497 e. The first-order valence-electron chi connectivity index (χ1n) is 6.20. The summed E-state index contributed by atoms with van der Waals surface area (Å²) in [6, 6.07) is 8.24. The van der Waals surface area contributed by atoms with Gasteiger partial charge in [0.1, 0.15) is 5.75 Å². The fourth-order valence-corrected chi connectivity index (χ4v) is 2.26. The number of piperazine rings is 1. The molecule has 1 aliphatic heterocycles. The molecule has 0 amide bonds. The molecule has 4 heteroatoms. The molecule has 1 fully saturated rings. The van der Waals surface area contributed by atoms with Crippen LogP contribution in [0.1, 0.15) is 0 Å². The van der Waals surface area contributed by atoms with E-state index in [1.165, 1.54) is 5.69 Å². The Morgan fingerprint density at radius 2 is 2.06 bits per heavy atom. The van der Waals surface area contributed by atoms with Crippen molar-refractivity contribution < 1.29 is 4.74 Å². The van der Waals surface area contributed by atoms with Gasteiger partial charge in [-0.2, -0.15) is 0 Å².